The fourth-order valence-corrected chi connectivity index (χ4v) is 4.21. The molecule has 0 unspecified atom stereocenters. The van der Waals surface area contributed by atoms with Crippen molar-refractivity contribution in [3.8, 4) is 10.6 Å². The lowest BCUT2D eigenvalue weighted by atomic mass is 10.0. The van der Waals surface area contributed by atoms with Crippen LogP contribution < -0.4 is 5.32 Å². The van der Waals surface area contributed by atoms with E-state index in [4.69, 9.17) is 4.74 Å². The van der Waals surface area contributed by atoms with E-state index in [0.29, 0.717) is 10.6 Å². The van der Waals surface area contributed by atoms with Gasteiger partial charge in [0.25, 0.3) is 5.91 Å². The van der Waals surface area contributed by atoms with Crippen molar-refractivity contribution in [3.05, 3.63) is 63.3 Å². The molecule has 26 heavy (non-hydrogen) atoms. The number of thiophene rings is 1. The van der Waals surface area contributed by atoms with Gasteiger partial charge < -0.3 is 10.1 Å². The second kappa shape index (κ2) is 8.25. The van der Waals surface area contributed by atoms with Gasteiger partial charge in [-0.2, -0.15) is 11.3 Å². The Morgan fingerprint density at radius 3 is 2.65 bits per heavy atom. The molecule has 0 spiro atoms. The lowest BCUT2D eigenvalue weighted by molar-refractivity contribution is -0.141. The van der Waals surface area contributed by atoms with Gasteiger partial charge in [-0.3, -0.25) is 9.59 Å². The summed E-state index contributed by atoms with van der Waals surface area (Å²) in [6, 6.07) is 10.9. The van der Waals surface area contributed by atoms with E-state index in [1.807, 2.05) is 54.1 Å². The van der Waals surface area contributed by atoms with Gasteiger partial charge in [0.05, 0.1) is 25.3 Å². The van der Waals surface area contributed by atoms with Crippen molar-refractivity contribution in [2.75, 3.05) is 7.11 Å². The molecule has 0 saturated carbocycles. The molecule has 0 bridgehead atoms. The summed E-state index contributed by atoms with van der Waals surface area (Å²) in [5.41, 5.74) is 2.54. The van der Waals surface area contributed by atoms with E-state index in [-0.39, 0.29) is 18.3 Å². The third kappa shape index (κ3) is 4.17. The molecule has 0 aliphatic rings. The van der Waals surface area contributed by atoms with E-state index in [1.165, 1.54) is 18.4 Å². The summed E-state index contributed by atoms with van der Waals surface area (Å²) < 4.78 is 4.77. The van der Waals surface area contributed by atoms with Crippen molar-refractivity contribution < 1.29 is 14.3 Å². The van der Waals surface area contributed by atoms with Gasteiger partial charge in [-0.05, 0) is 23.9 Å². The highest BCUT2D eigenvalue weighted by molar-refractivity contribution is 7.17. The van der Waals surface area contributed by atoms with Gasteiger partial charge in [0.1, 0.15) is 9.88 Å². The number of nitrogens with zero attached hydrogens (tertiary/aromatic N) is 1. The van der Waals surface area contributed by atoms with Crippen LogP contribution in [0.15, 0.2) is 47.2 Å². The zero-order valence-corrected chi connectivity index (χ0v) is 16.0. The summed E-state index contributed by atoms with van der Waals surface area (Å²) in [6.45, 7) is 1.82. The first-order chi connectivity index (χ1) is 12.6. The molecule has 5 nitrogen and oxygen atoms in total. The Morgan fingerprint density at radius 1 is 1.23 bits per heavy atom. The van der Waals surface area contributed by atoms with Crippen molar-refractivity contribution in [3.63, 3.8) is 0 Å². The summed E-state index contributed by atoms with van der Waals surface area (Å²) in [5.74, 6) is -0.613. The summed E-state index contributed by atoms with van der Waals surface area (Å²) in [6.07, 6.45) is 0.0709. The van der Waals surface area contributed by atoms with Gasteiger partial charge in [-0.1, -0.05) is 30.3 Å². The van der Waals surface area contributed by atoms with Crippen LogP contribution in [0.1, 0.15) is 33.4 Å². The first kappa shape index (κ1) is 18.3. The third-order valence-corrected chi connectivity index (χ3v) is 5.77. The van der Waals surface area contributed by atoms with E-state index >= 15 is 0 Å². The number of aromatic nitrogens is 1. The molecule has 1 aromatic carbocycles. The van der Waals surface area contributed by atoms with Crippen LogP contribution in [0.3, 0.4) is 0 Å². The molecule has 134 valence electrons. The number of carbonyl (C=O) groups excluding carboxylic acids is 2. The average molecular weight is 386 g/mol. The lowest BCUT2D eigenvalue weighted by Gasteiger charge is -2.18. The van der Waals surface area contributed by atoms with Crippen LogP contribution in [0, 0.1) is 6.92 Å². The standard InChI is InChI=1S/C19H18N2O3S2/c1-12-17(26-19(20-12)14-8-9-25-11-14)18(23)21-15(10-16(22)24-2)13-6-4-3-5-7-13/h3-9,11,15H,10H2,1-2H3,(H,21,23)/t15-/m1/s1. The number of rotatable bonds is 6. The zero-order valence-electron chi connectivity index (χ0n) is 14.4. The Hall–Kier alpha value is -2.51. The largest absolute Gasteiger partial charge is 0.469 e. The average Bonchev–Trinajstić information content (AvgIpc) is 3.31. The molecule has 1 amide bonds. The Labute approximate surface area is 159 Å². The van der Waals surface area contributed by atoms with Crippen LogP contribution in [0.5, 0.6) is 0 Å². The highest BCUT2D eigenvalue weighted by Crippen LogP contribution is 2.30. The summed E-state index contributed by atoms with van der Waals surface area (Å²) in [5, 5.41) is 7.75. The van der Waals surface area contributed by atoms with Gasteiger partial charge in [0.2, 0.25) is 0 Å². The topological polar surface area (TPSA) is 68.3 Å². The number of ether oxygens (including phenoxy) is 1. The number of thiazole rings is 1. The monoisotopic (exact) mass is 386 g/mol. The normalized spacial score (nSPS) is 11.8. The minimum Gasteiger partial charge on any atom is -0.469 e. The quantitative estimate of drug-likeness (QED) is 0.644. The molecule has 0 radical (unpaired) electrons. The zero-order chi connectivity index (χ0) is 18.5. The van der Waals surface area contributed by atoms with Gasteiger partial charge in [0.15, 0.2) is 0 Å². The number of carbonyl (C=O) groups is 2. The Bertz CT molecular complexity index is 889. The van der Waals surface area contributed by atoms with Crippen LogP contribution in [-0.2, 0) is 9.53 Å². The van der Waals surface area contributed by atoms with E-state index in [1.54, 1.807) is 11.3 Å². The fraction of sp³-hybridized carbons (Fsp3) is 0.211. The van der Waals surface area contributed by atoms with Crippen LogP contribution in [0.4, 0.5) is 0 Å². The van der Waals surface area contributed by atoms with E-state index in [2.05, 4.69) is 10.3 Å². The Morgan fingerprint density at radius 2 is 2.00 bits per heavy atom. The number of aryl methyl sites for hydroxylation is 1. The minimum atomic E-state index is -0.456. The second-order valence-corrected chi connectivity index (χ2v) is 7.44. The Kier molecular flexibility index (Phi) is 5.80. The van der Waals surface area contributed by atoms with Gasteiger partial charge in [0, 0.05) is 10.9 Å². The highest BCUT2D eigenvalue weighted by Gasteiger charge is 2.22. The number of benzene rings is 1. The van der Waals surface area contributed by atoms with Gasteiger partial charge in [-0.15, -0.1) is 11.3 Å². The van der Waals surface area contributed by atoms with E-state index in [9.17, 15) is 9.59 Å². The predicted molar refractivity (Wildman–Crippen MR) is 103 cm³/mol. The molecule has 0 fully saturated rings. The first-order valence-electron chi connectivity index (χ1n) is 8.01. The van der Waals surface area contributed by atoms with Crippen LogP contribution in [-0.4, -0.2) is 24.0 Å². The van der Waals surface area contributed by atoms with Crippen LogP contribution in [0.2, 0.25) is 0 Å². The summed E-state index contributed by atoms with van der Waals surface area (Å²) >= 11 is 2.94. The van der Waals surface area contributed by atoms with Crippen molar-refractivity contribution >= 4 is 34.6 Å². The molecule has 1 N–H and O–H groups in total. The minimum absolute atomic E-state index is 0.0709. The SMILES string of the molecule is COC(=O)C[C@@H](NC(=O)c1sc(-c2ccsc2)nc1C)c1ccccc1. The molecule has 3 aromatic rings. The molecular weight excluding hydrogens is 368 g/mol. The highest BCUT2D eigenvalue weighted by atomic mass is 32.1. The number of methoxy groups -OCH3 is 1. The second-order valence-electron chi connectivity index (χ2n) is 5.66. The van der Waals surface area contributed by atoms with E-state index in [0.717, 1.165) is 16.1 Å². The van der Waals surface area contributed by atoms with Crippen molar-refractivity contribution in [1.29, 1.82) is 0 Å². The Balaban J connectivity index is 1.82. The smallest absolute Gasteiger partial charge is 0.307 e. The third-order valence-electron chi connectivity index (χ3n) is 3.88. The first-order valence-corrected chi connectivity index (χ1v) is 9.77. The fourth-order valence-electron chi connectivity index (χ4n) is 2.53. The number of amides is 1. The number of esters is 1. The maximum absolute atomic E-state index is 12.8. The number of hydrogen-bond acceptors (Lipinski definition) is 6. The van der Waals surface area contributed by atoms with Gasteiger partial charge in [-0.25, -0.2) is 4.98 Å². The van der Waals surface area contributed by atoms with Crippen LogP contribution >= 0.6 is 22.7 Å². The van der Waals surface area contributed by atoms with Crippen LogP contribution in [0.25, 0.3) is 10.6 Å². The molecule has 2 heterocycles. The van der Waals surface area contributed by atoms with Crippen molar-refractivity contribution in [2.45, 2.75) is 19.4 Å². The molecule has 0 aliphatic heterocycles. The molecule has 3 rings (SSSR count). The summed E-state index contributed by atoms with van der Waals surface area (Å²) in [7, 11) is 1.34. The predicted octanol–water partition coefficient (Wildman–Crippen LogP) is 4.21. The van der Waals surface area contributed by atoms with E-state index < -0.39 is 6.04 Å². The molecule has 0 aliphatic carbocycles. The molecular formula is C19H18N2O3S2. The van der Waals surface area contributed by atoms with Crippen molar-refractivity contribution in [1.82, 2.24) is 10.3 Å². The molecule has 2 aromatic heterocycles. The maximum Gasteiger partial charge on any atom is 0.307 e. The summed E-state index contributed by atoms with van der Waals surface area (Å²) in [4.78, 5) is 29.6. The number of nitrogens with one attached hydrogen (secondary N) is 1. The van der Waals surface area contributed by atoms with Crippen molar-refractivity contribution in [2.24, 2.45) is 0 Å². The molecule has 7 heteroatoms. The lowest BCUT2D eigenvalue weighted by Crippen LogP contribution is -2.30. The number of hydrogen-bond donors (Lipinski definition) is 1. The molecule has 0 saturated heterocycles. The van der Waals surface area contributed by atoms with Gasteiger partial charge >= 0.3 is 5.97 Å². The maximum atomic E-state index is 12.8. The molecule has 1 atom stereocenters.